The summed E-state index contributed by atoms with van der Waals surface area (Å²) >= 11 is 0. The number of aromatic nitrogens is 3. The second-order valence-electron chi connectivity index (χ2n) is 1.19. The SMILES string of the molecule is Cn1n[c]nc1N. The maximum Gasteiger partial charge on any atom is 0.222 e. The van der Waals surface area contributed by atoms with Crippen LogP contribution < -0.4 is 5.73 Å². The Hall–Kier alpha value is -1.06. The van der Waals surface area contributed by atoms with Crippen LogP contribution in [0, 0.1) is 6.33 Å². The molecule has 0 aliphatic carbocycles. The van der Waals surface area contributed by atoms with Gasteiger partial charge in [0, 0.05) is 7.05 Å². The largest absolute Gasteiger partial charge is 0.368 e. The van der Waals surface area contributed by atoms with E-state index in [2.05, 4.69) is 16.4 Å². The Labute approximate surface area is 41.0 Å². The normalized spacial score (nSPS) is 9.29. The molecule has 0 atom stereocenters. The highest BCUT2D eigenvalue weighted by molar-refractivity contribution is 5.10. The summed E-state index contributed by atoms with van der Waals surface area (Å²) in [5, 5.41) is 3.57. The van der Waals surface area contributed by atoms with Crippen molar-refractivity contribution in [3.8, 4) is 0 Å². The fourth-order valence-corrected chi connectivity index (χ4v) is 0.264. The number of rotatable bonds is 0. The molecule has 1 aromatic rings. The molecule has 4 heteroatoms. The molecule has 0 aliphatic rings. The molecule has 0 aliphatic heterocycles. The third-order valence-electron chi connectivity index (χ3n) is 0.691. The van der Waals surface area contributed by atoms with Gasteiger partial charge in [0.15, 0.2) is 0 Å². The first-order valence-corrected chi connectivity index (χ1v) is 1.83. The molecule has 1 radical (unpaired) electrons. The molecule has 0 unspecified atom stereocenters. The van der Waals surface area contributed by atoms with Crippen molar-refractivity contribution in [3.63, 3.8) is 0 Å². The average Bonchev–Trinajstić information content (AvgIpc) is 1.91. The summed E-state index contributed by atoms with van der Waals surface area (Å²) in [4.78, 5) is 3.52. The van der Waals surface area contributed by atoms with Crippen molar-refractivity contribution in [1.29, 1.82) is 0 Å². The minimum absolute atomic E-state index is 0.389. The van der Waals surface area contributed by atoms with Crippen LogP contribution in [0.4, 0.5) is 5.95 Å². The second kappa shape index (κ2) is 1.22. The third kappa shape index (κ3) is 0.534. The predicted octanol–water partition coefficient (Wildman–Crippen LogP) is -0.803. The van der Waals surface area contributed by atoms with Crippen molar-refractivity contribution in [3.05, 3.63) is 6.33 Å². The zero-order valence-corrected chi connectivity index (χ0v) is 3.92. The van der Waals surface area contributed by atoms with Crippen molar-refractivity contribution in [2.45, 2.75) is 0 Å². The van der Waals surface area contributed by atoms with Gasteiger partial charge >= 0.3 is 0 Å². The van der Waals surface area contributed by atoms with Crippen molar-refractivity contribution in [1.82, 2.24) is 14.8 Å². The molecule has 0 fully saturated rings. The molecule has 0 amide bonds. The Balaban J connectivity index is 3.12. The highest BCUT2D eigenvalue weighted by Crippen LogP contribution is 1.84. The summed E-state index contributed by atoms with van der Waals surface area (Å²) in [6, 6.07) is 0. The van der Waals surface area contributed by atoms with Gasteiger partial charge in [-0.05, 0) is 0 Å². The summed E-state index contributed by atoms with van der Waals surface area (Å²) in [5.74, 6) is 0.389. The van der Waals surface area contributed by atoms with E-state index >= 15 is 0 Å². The summed E-state index contributed by atoms with van der Waals surface area (Å²) in [5.41, 5.74) is 5.20. The van der Waals surface area contributed by atoms with E-state index in [0.29, 0.717) is 5.95 Å². The molecule has 0 bridgehead atoms. The summed E-state index contributed by atoms with van der Waals surface area (Å²) in [7, 11) is 1.71. The van der Waals surface area contributed by atoms with Crippen LogP contribution in [0.3, 0.4) is 0 Å². The van der Waals surface area contributed by atoms with Gasteiger partial charge in [-0.15, -0.1) is 5.10 Å². The highest BCUT2D eigenvalue weighted by atomic mass is 15.3. The van der Waals surface area contributed by atoms with Gasteiger partial charge < -0.3 is 5.73 Å². The molecule has 1 aromatic heterocycles. The molecule has 2 N–H and O–H groups in total. The Kier molecular flexibility index (Phi) is 0.714. The topological polar surface area (TPSA) is 56.7 Å². The van der Waals surface area contributed by atoms with Crippen molar-refractivity contribution in [2.75, 3.05) is 5.73 Å². The summed E-state index contributed by atoms with van der Waals surface area (Å²) in [6.07, 6.45) is 2.34. The van der Waals surface area contributed by atoms with E-state index in [9.17, 15) is 0 Å². The molecule has 0 saturated heterocycles. The minimum atomic E-state index is 0.389. The van der Waals surface area contributed by atoms with E-state index in [4.69, 9.17) is 5.73 Å². The van der Waals surface area contributed by atoms with Gasteiger partial charge in [0.2, 0.25) is 12.3 Å². The van der Waals surface area contributed by atoms with E-state index in [1.807, 2.05) is 0 Å². The van der Waals surface area contributed by atoms with Crippen LogP contribution >= 0.6 is 0 Å². The first kappa shape index (κ1) is 4.11. The maximum atomic E-state index is 5.20. The fraction of sp³-hybridized carbons (Fsp3) is 0.333. The molecule has 7 heavy (non-hydrogen) atoms. The summed E-state index contributed by atoms with van der Waals surface area (Å²) < 4.78 is 1.44. The molecule has 1 heterocycles. The van der Waals surface area contributed by atoms with Crippen LogP contribution in [0.2, 0.25) is 0 Å². The van der Waals surface area contributed by atoms with Crippen molar-refractivity contribution >= 4 is 5.95 Å². The maximum absolute atomic E-state index is 5.20. The van der Waals surface area contributed by atoms with Crippen molar-refractivity contribution < 1.29 is 0 Å². The number of hydrogen-bond donors (Lipinski definition) is 1. The van der Waals surface area contributed by atoms with Gasteiger partial charge in [-0.25, -0.2) is 4.68 Å². The first-order valence-electron chi connectivity index (χ1n) is 1.83. The number of anilines is 1. The molecular formula is C3H5N4. The average molecular weight is 97.1 g/mol. The zero-order valence-electron chi connectivity index (χ0n) is 3.92. The number of hydrogen-bond acceptors (Lipinski definition) is 3. The minimum Gasteiger partial charge on any atom is -0.368 e. The van der Waals surface area contributed by atoms with Crippen LogP contribution in [0.1, 0.15) is 0 Å². The number of nitrogens with two attached hydrogens (primary N) is 1. The molecule has 0 aromatic carbocycles. The molecule has 37 valence electrons. The standard InChI is InChI=1S/C3H5N4/c1-7-3(4)5-2-6-7/h1H3,(H2,4,5,6). The van der Waals surface area contributed by atoms with E-state index < -0.39 is 0 Å². The van der Waals surface area contributed by atoms with Crippen LogP contribution in [-0.2, 0) is 7.05 Å². The second-order valence-corrected chi connectivity index (χ2v) is 1.19. The van der Waals surface area contributed by atoms with Gasteiger partial charge in [0.1, 0.15) is 0 Å². The Morgan fingerprint density at radius 2 is 2.57 bits per heavy atom. The monoisotopic (exact) mass is 97.1 g/mol. The first-order chi connectivity index (χ1) is 3.30. The highest BCUT2D eigenvalue weighted by Gasteiger charge is 1.87. The lowest BCUT2D eigenvalue weighted by Gasteiger charge is -1.84. The Bertz CT molecular complexity index is 139. The van der Waals surface area contributed by atoms with E-state index in [1.165, 1.54) is 4.68 Å². The molecule has 1 rings (SSSR count). The molecule has 4 nitrogen and oxygen atoms in total. The van der Waals surface area contributed by atoms with E-state index in [0.717, 1.165) is 0 Å². The van der Waals surface area contributed by atoms with Gasteiger partial charge in [0.25, 0.3) is 0 Å². The van der Waals surface area contributed by atoms with E-state index in [-0.39, 0.29) is 0 Å². The molecular weight excluding hydrogens is 92.1 g/mol. The summed E-state index contributed by atoms with van der Waals surface area (Å²) in [6.45, 7) is 0. The van der Waals surface area contributed by atoms with Crippen LogP contribution in [0.25, 0.3) is 0 Å². The van der Waals surface area contributed by atoms with Crippen LogP contribution in [0.15, 0.2) is 0 Å². The lowest BCUT2D eigenvalue weighted by Crippen LogP contribution is -1.97. The smallest absolute Gasteiger partial charge is 0.222 e. The van der Waals surface area contributed by atoms with E-state index in [1.54, 1.807) is 7.05 Å². The molecule has 0 spiro atoms. The lowest BCUT2D eigenvalue weighted by molar-refractivity contribution is 0.776. The zero-order chi connectivity index (χ0) is 5.28. The van der Waals surface area contributed by atoms with Gasteiger partial charge in [0.05, 0.1) is 0 Å². The Morgan fingerprint density at radius 1 is 1.86 bits per heavy atom. The van der Waals surface area contributed by atoms with Gasteiger partial charge in [-0.2, -0.15) is 4.98 Å². The van der Waals surface area contributed by atoms with Crippen LogP contribution in [-0.4, -0.2) is 14.8 Å². The number of aryl methyl sites for hydroxylation is 1. The Morgan fingerprint density at radius 3 is 2.71 bits per heavy atom. The number of nitrogen functional groups attached to an aromatic ring is 1. The van der Waals surface area contributed by atoms with Crippen LogP contribution in [0.5, 0.6) is 0 Å². The lowest BCUT2D eigenvalue weighted by atomic mass is 11.0. The predicted molar refractivity (Wildman–Crippen MR) is 24.3 cm³/mol. The fourth-order valence-electron chi connectivity index (χ4n) is 0.264. The third-order valence-corrected chi connectivity index (χ3v) is 0.691. The van der Waals surface area contributed by atoms with Crippen molar-refractivity contribution in [2.24, 2.45) is 7.05 Å². The van der Waals surface area contributed by atoms with Gasteiger partial charge in [-0.3, -0.25) is 0 Å². The quantitative estimate of drug-likeness (QED) is 0.461. The molecule has 0 saturated carbocycles. The number of nitrogens with zero attached hydrogens (tertiary/aromatic N) is 3. The van der Waals surface area contributed by atoms with Gasteiger partial charge in [-0.1, -0.05) is 0 Å².